The van der Waals surface area contributed by atoms with E-state index >= 15 is 0 Å². The van der Waals surface area contributed by atoms with Crippen molar-refractivity contribution in [2.45, 2.75) is 19.4 Å². The van der Waals surface area contributed by atoms with Gasteiger partial charge in [-0.05, 0) is 42.7 Å². The molecule has 36 heavy (non-hydrogen) atoms. The van der Waals surface area contributed by atoms with Crippen LogP contribution in [0.5, 0.6) is 0 Å². The van der Waals surface area contributed by atoms with Gasteiger partial charge in [-0.25, -0.2) is 4.98 Å². The molecule has 0 atom stereocenters. The highest BCUT2D eigenvalue weighted by Crippen LogP contribution is 2.32. The van der Waals surface area contributed by atoms with Crippen LogP contribution in [-0.4, -0.2) is 48.2 Å². The summed E-state index contributed by atoms with van der Waals surface area (Å²) in [7, 11) is 4.03. The fourth-order valence-corrected chi connectivity index (χ4v) is 4.45. The summed E-state index contributed by atoms with van der Waals surface area (Å²) in [6, 6.07) is 21.8. The fourth-order valence-electron chi connectivity index (χ4n) is 4.45. The van der Waals surface area contributed by atoms with Crippen LogP contribution in [0, 0.1) is 5.92 Å². The molecule has 1 fully saturated rings. The monoisotopic (exact) mass is 482 g/mol. The van der Waals surface area contributed by atoms with Gasteiger partial charge in [-0.3, -0.25) is 4.79 Å². The first-order valence-corrected chi connectivity index (χ1v) is 12.2. The number of pyridine rings is 1. The zero-order valence-corrected chi connectivity index (χ0v) is 20.6. The number of anilines is 2. The third-order valence-corrected chi connectivity index (χ3v) is 6.56. The minimum absolute atomic E-state index is 0.0115. The molecule has 1 aliphatic heterocycles. The lowest BCUT2D eigenvalue weighted by Gasteiger charge is -2.32. The fraction of sp³-hybridized carbons (Fsp3) is 0.286. The van der Waals surface area contributed by atoms with E-state index in [4.69, 9.17) is 4.52 Å². The van der Waals surface area contributed by atoms with E-state index in [1.165, 1.54) is 0 Å². The van der Waals surface area contributed by atoms with Crippen LogP contribution in [0.3, 0.4) is 0 Å². The molecule has 184 valence electrons. The van der Waals surface area contributed by atoms with E-state index in [9.17, 15) is 4.79 Å². The van der Waals surface area contributed by atoms with Crippen molar-refractivity contribution in [2.75, 3.05) is 37.0 Å². The van der Waals surface area contributed by atoms with Gasteiger partial charge in [-0.1, -0.05) is 47.6 Å². The maximum absolute atomic E-state index is 12.8. The number of nitrogens with zero attached hydrogens (tertiary/aromatic N) is 5. The molecule has 4 aromatic rings. The van der Waals surface area contributed by atoms with Crippen LogP contribution in [0.25, 0.3) is 22.8 Å². The van der Waals surface area contributed by atoms with Gasteiger partial charge >= 0.3 is 0 Å². The molecule has 0 saturated carbocycles. The Kier molecular flexibility index (Phi) is 6.93. The Hall–Kier alpha value is -4.20. The summed E-state index contributed by atoms with van der Waals surface area (Å²) in [4.78, 5) is 26.3. The second-order valence-corrected chi connectivity index (χ2v) is 9.20. The summed E-state index contributed by atoms with van der Waals surface area (Å²) in [5.41, 5.74) is 3.94. The van der Waals surface area contributed by atoms with Gasteiger partial charge in [0, 0.05) is 57.1 Å². The molecule has 8 heteroatoms. The second kappa shape index (κ2) is 10.6. The van der Waals surface area contributed by atoms with E-state index in [1.54, 1.807) is 6.20 Å². The molecule has 3 heterocycles. The molecule has 8 nitrogen and oxygen atoms in total. The summed E-state index contributed by atoms with van der Waals surface area (Å²) in [5.74, 6) is 1.89. The van der Waals surface area contributed by atoms with Crippen molar-refractivity contribution < 1.29 is 9.32 Å². The van der Waals surface area contributed by atoms with Crippen molar-refractivity contribution in [2.24, 2.45) is 5.92 Å². The first-order chi connectivity index (χ1) is 17.6. The first kappa shape index (κ1) is 23.5. The number of carbonyl (C=O) groups excluding carboxylic acids is 1. The smallest absolute Gasteiger partial charge is 0.261 e. The highest BCUT2D eigenvalue weighted by atomic mass is 16.5. The molecular weight excluding hydrogens is 452 g/mol. The predicted molar refractivity (Wildman–Crippen MR) is 141 cm³/mol. The van der Waals surface area contributed by atoms with Gasteiger partial charge in [0.1, 0.15) is 5.82 Å². The number of rotatable bonds is 7. The molecule has 1 N–H and O–H groups in total. The van der Waals surface area contributed by atoms with E-state index in [-0.39, 0.29) is 11.8 Å². The number of amides is 1. The number of benzene rings is 2. The quantitative estimate of drug-likeness (QED) is 0.418. The van der Waals surface area contributed by atoms with Gasteiger partial charge < -0.3 is 19.6 Å². The molecule has 0 spiro atoms. The minimum Gasteiger partial charge on any atom is -0.378 e. The molecular formula is C28H30N6O2. The van der Waals surface area contributed by atoms with Gasteiger partial charge in [0.2, 0.25) is 11.7 Å². The molecule has 5 rings (SSSR count). The van der Waals surface area contributed by atoms with Gasteiger partial charge in [-0.15, -0.1) is 0 Å². The minimum atomic E-state index is -0.0115. The average Bonchev–Trinajstić information content (AvgIpc) is 3.43. The van der Waals surface area contributed by atoms with Gasteiger partial charge in [0.25, 0.3) is 5.89 Å². The number of carbonyl (C=O) groups is 1. The summed E-state index contributed by atoms with van der Waals surface area (Å²) in [6.07, 6.45) is 3.30. The highest BCUT2D eigenvalue weighted by molar-refractivity contribution is 5.79. The summed E-state index contributed by atoms with van der Waals surface area (Å²) in [6.45, 7) is 2.01. The van der Waals surface area contributed by atoms with E-state index in [0.717, 1.165) is 54.1 Å². The van der Waals surface area contributed by atoms with Crippen molar-refractivity contribution in [3.05, 3.63) is 78.5 Å². The van der Waals surface area contributed by atoms with E-state index in [1.807, 2.05) is 56.6 Å². The Morgan fingerprint density at radius 1 is 1.03 bits per heavy atom. The van der Waals surface area contributed by atoms with Crippen LogP contribution < -0.4 is 15.1 Å². The molecule has 0 unspecified atom stereocenters. The van der Waals surface area contributed by atoms with Crippen LogP contribution in [0.1, 0.15) is 18.4 Å². The summed E-state index contributed by atoms with van der Waals surface area (Å²) < 4.78 is 5.60. The number of hydrogen-bond acceptors (Lipinski definition) is 7. The van der Waals surface area contributed by atoms with E-state index in [0.29, 0.717) is 18.3 Å². The first-order valence-electron chi connectivity index (χ1n) is 12.2. The Bertz CT molecular complexity index is 1300. The topological polar surface area (TPSA) is 87.4 Å². The highest BCUT2D eigenvalue weighted by Gasteiger charge is 2.27. The predicted octanol–water partition coefficient (Wildman–Crippen LogP) is 4.40. The lowest BCUT2D eigenvalue weighted by Crippen LogP contribution is -2.40. The second-order valence-electron chi connectivity index (χ2n) is 9.20. The van der Waals surface area contributed by atoms with Crippen molar-refractivity contribution in [1.82, 2.24) is 20.4 Å². The lowest BCUT2D eigenvalue weighted by molar-refractivity contribution is -0.125. The zero-order valence-electron chi connectivity index (χ0n) is 20.6. The van der Waals surface area contributed by atoms with Gasteiger partial charge in [0.15, 0.2) is 0 Å². The van der Waals surface area contributed by atoms with E-state index in [2.05, 4.69) is 54.5 Å². The molecule has 2 aromatic heterocycles. The van der Waals surface area contributed by atoms with Crippen molar-refractivity contribution in [1.29, 1.82) is 0 Å². The maximum Gasteiger partial charge on any atom is 0.261 e. The molecule has 1 aliphatic rings. The van der Waals surface area contributed by atoms with Crippen molar-refractivity contribution in [3.8, 4) is 22.8 Å². The van der Waals surface area contributed by atoms with Crippen molar-refractivity contribution >= 4 is 17.4 Å². The molecule has 0 aliphatic carbocycles. The van der Waals surface area contributed by atoms with Crippen LogP contribution in [0.4, 0.5) is 11.5 Å². The van der Waals surface area contributed by atoms with Crippen molar-refractivity contribution in [3.63, 3.8) is 0 Å². The molecule has 1 saturated heterocycles. The van der Waals surface area contributed by atoms with E-state index < -0.39 is 0 Å². The molecule has 2 aromatic carbocycles. The van der Waals surface area contributed by atoms with Gasteiger partial charge in [0.05, 0.1) is 5.56 Å². The Morgan fingerprint density at radius 3 is 2.50 bits per heavy atom. The summed E-state index contributed by atoms with van der Waals surface area (Å²) in [5, 5.41) is 7.26. The van der Waals surface area contributed by atoms with Gasteiger partial charge in [-0.2, -0.15) is 4.98 Å². The Labute approximate surface area is 211 Å². The molecule has 1 amide bonds. The largest absolute Gasteiger partial charge is 0.378 e. The molecule has 0 radical (unpaired) electrons. The van der Waals surface area contributed by atoms with Crippen LogP contribution in [-0.2, 0) is 11.3 Å². The lowest BCUT2D eigenvalue weighted by atomic mass is 9.95. The normalized spacial score (nSPS) is 14.0. The number of piperidine rings is 1. The summed E-state index contributed by atoms with van der Waals surface area (Å²) >= 11 is 0. The number of aromatic nitrogens is 3. The zero-order chi connectivity index (χ0) is 24.9. The van der Waals surface area contributed by atoms with Crippen LogP contribution >= 0.6 is 0 Å². The third-order valence-electron chi connectivity index (χ3n) is 6.56. The maximum atomic E-state index is 12.8. The van der Waals surface area contributed by atoms with Crippen LogP contribution in [0.15, 0.2) is 77.4 Å². The molecule has 0 bridgehead atoms. The SMILES string of the molecule is CN(C)c1ccc(CNC(=O)C2CCN(c3ncccc3-c3nc(-c4ccccc4)no3)CC2)cc1. The standard InChI is InChI=1S/C28H30N6O2/c1-33(2)23-12-10-20(11-13-23)19-30-27(35)22-14-17-34(18-15-22)26-24(9-6-16-29-26)28-31-25(32-36-28)21-7-4-3-5-8-21/h3-13,16,22H,14-15,17-19H2,1-2H3,(H,30,35). The average molecular weight is 483 g/mol. The third kappa shape index (κ3) is 5.22. The Morgan fingerprint density at radius 2 is 1.78 bits per heavy atom. The number of hydrogen-bond donors (Lipinski definition) is 1. The van der Waals surface area contributed by atoms with Crippen LogP contribution in [0.2, 0.25) is 0 Å². The Balaban J connectivity index is 1.20. The number of nitrogens with one attached hydrogen (secondary N) is 1.